The Labute approximate surface area is 152 Å². The zero-order valence-electron chi connectivity index (χ0n) is 14.1. The molecule has 0 atom stereocenters. The number of hydrogen-bond donors (Lipinski definition) is 1. The van der Waals surface area contributed by atoms with Crippen LogP contribution in [0.4, 0.5) is 5.69 Å². The van der Waals surface area contributed by atoms with Crippen LogP contribution in [0.25, 0.3) is 0 Å². The highest BCUT2D eigenvalue weighted by molar-refractivity contribution is 7.89. The molecule has 2 aromatic rings. The first-order chi connectivity index (χ1) is 11.8. The molecule has 2 rings (SSSR count). The molecule has 1 N–H and O–H groups in total. The minimum atomic E-state index is -3.96. The van der Waals surface area contributed by atoms with Gasteiger partial charge in [0.05, 0.1) is 12.1 Å². The highest BCUT2D eigenvalue weighted by Crippen LogP contribution is 2.26. The summed E-state index contributed by atoms with van der Waals surface area (Å²) in [7, 11) is -1.49. The van der Waals surface area contributed by atoms with Crippen LogP contribution in [-0.4, -0.2) is 33.0 Å². The second kappa shape index (κ2) is 7.97. The number of carbonyl (C=O) groups is 1. The van der Waals surface area contributed by atoms with E-state index in [-0.39, 0.29) is 15.5 Å². The van der Waals surface area contributed by atoms with Gasteiger partial charge in [0.1, 0.15) is 4.90 Å². The lowest BCUT2D eigenvalue weighted by Gasteiger charge is -2.16. The first-order valence-corrected chi connectivity index (χ1v) is 9.35. The van der Waals surface area contributed by atoms with Crippen molar-refractivity contribution in [2.75, 3.05) is 19.5 Å². The van der Waals surface area contributed by atoms with Gasteiger partial charge in [-0.3, -0.25) is 9.63 Å². The summed E-state index contributed by atoms with van der Waals surface area (Å²) in [6.45, 7) is 1.98. The number of sulfonamides is 1. The van der Waals surface area contributed by atoms with Crippen molar-refractivity contribution < 1.29 is 18.0 Å². The number of hydrogen-bond acceptors (Lipinski definition) is 4. The maximum atomic E-state index is 12.5. The summed E-state index contributed by atoms with van der Waals surface area (Å²) in [4.78, 5) is 17.1. The van der Waals surface area contributed by atoms with E-state index in [1.54, 1.807) is 6.07 Å². The van der Waals surface area contributed by atoms with Crippen LogP contribution >= 0.6 is 11.6 Å². The predicted molar refractivity (Wildman–Crippen MR) is 97.2 cm³/mol. The summed E-state index contributed by atoms with van der Waals surface area (Å²) in [6, 6.07) is 11.5. The number of hydroxylamine groups is 1. The molecule has 0 aromatic heterocycles. The first kappa shape index (κ1) is 19.4. The molecule has 0 spiro atoms. The molecule has 134 valence electrons. The van der Waals surface area contributed by atoms with Gasteiger partial charge in [-0.25, -0.2) is 8.42 Å². The average Bonchev–Trinajstić information content (AvgIpc) is 2.61. The number of rotatable bonds is 6. The molecular weight excluding hydrogens is 364 g/mol. The third-order valence-corrected chi connectivity index (χ3v) is 5.87. The van der Waals surface area contributed by atoms with Crippen molar-refractivity contribution in [2.24, 2.45) is 0 Å². The zero-order chi connectivity index (χ0) is 18.6. The second-order valence-corrected chi connectivity index (χ2v) is 7.52. The summed E-state index contributed by atoms with van der Waals surface area (Å²) in [6.07, 6.45) is 0.759. The van der Waals surface area contributed by atoms with E-state index in [0.29, 0.717) is 10.2 Å². The van der Waals surface area contributed by atoms with Gasteiger partial charge >= 0.3 is 0 Å². The van der Waals surface area contributed by atoms with Crippen LogP contribution in [0, 0.1) is 0 Å². The summed E-state index contributed by atoms with van der Waals surface area (Å²) < 4.78 is 25.5. The Morgan fingerprint density at radius 1 is 1.24 bits per heavy atom. The number of nitrogens with one attached hydrogen (secondary N) is 1. The fourth-order valence-corrected chi connectivity index (χ4v) is 3.70. The quantitative estimate of drug-likeness (QED) is 0.777. The van der Waals surface area contributed by atoms with E-state index in [1.165, 1.54) is 32.4 Å². The Morgan fingerprint density at radius 3 is 2.56 bits per heavy atom. The van der Waals surface area contributed by atoms with Crippen LogP contribution in [0.2, 0.25) is 5.02 Å². The number of halogens is 1. The molecule has 6 nitrogen and oxygen atoms in total. The van der Waals surface area contributed by atoms with Crippen molar-refractivity contribution in [3.05, 3.63) is 58.6 Å². The minimum Gasteiger partial charge on any atom is -0.322 e. The molecule has 0 radical (unpaired) electrons. The van der Waals surface area contributed by atoms with E-state index in [4.69, 9.17) is 16.4 Å². The third-order valence-electron chi connectivity index (χ3n) is 3.71. The zero-order valence-corrected chi connectivity index (χ0v) is 15.7. The monoisotopic (exact) mass is 382 g/mol. The van der Waals surface area contributed by atoms with Gasteiger partial charge in [0.15, 0.2) is 0 Å². The lowest BCUT2D eigenvalue weighted by atomic mass is 10.1. The number of para-hydroxylation sites is 1. The number of anilines is 1. The lowest BCUT2D eigenvalue weighted by Crippen LogP contribution is -2.26. The Hall–Kier alpha value is -1.93. The van der Waals surface area contributed by atoms with E-state index < -0.39 is 15.9 Å². The van der Waals surface area contributed by atoms with Gasteiger partial charge in [0.2, 0.25) is 0 Å². The molecule has 0 unspecified atom stereocenters. The minimum absolute atomic E-state index is 0.00871. The number of amides is 1. The SMILES string of the molecule is CCc1ccccc1NC(=O)c1ccc(Cl)c(S(=O)(=O)N(C)OC)c1. The molecule has 1 amide bonds. The highest BCUT2D eigenvalue weighted by Gasteiger charge is 2.25. The van der Waals surface area contributed by atoms with E-state index in [0.717, 1.165) is 12.0 Å². The topological polar surface area (TPSA) is 75.7 Å². The van der Waals surface area contributed by atoms with Gasteiger partial charge in [-0.2, -0.15) is 0 Å². The number of carbonyl (C=O) groups excluding carboxylic acids is 1. The van der Waals surface area contributed by atoms with Gasteiger partial charge in [0, 0.05) is 18.3 Å². The average molecular weight is 383 g/mol. The molecule has 0 saturated carbocycles. The van der Waals surface area contributed by atoms with E-state index in [2.05, 4.69) is 5.32 Å². The molecule has 2 aromatic carbocycles. The molecule has 25 heavy (non-hydrogen) atoms. The normalized spacial score (nSPS) is 11.6. The first-order valence-electron chi connectivity index (χ1n) is 7.53. The van der Waals surface area contributed by atoms with Crippen LogP contribution in [0.5, 0.6) is 0 Å². The Bertz CT molecular complexity index is 884. The fraction of sp³-hybridized carbons (Fsp3) is 0.235. The van der Waals surface area contributed by atoms with Crippen molar-refractivity contribution in [1.82, 2.24) is 4.47 Å². The highest BCUT2D eigenvalue weighted by atomic mass is 35.5. The molecule has 0 aliphatic rings. The van der Waals surface area contributed by atoms with Crippen LogP contribution < -0.4 is 5.32 Å². The van der Waals surface area contributed by atoms with Gasteiger partial charge in [-0.1, -0.05) is 41.2 Å². The summed E-state index contributed by atoms with van der Waals surface area (Å²) >= 11 is 6.00. The van der Waals surface area contributed by atoms with E-state index in [1.807, 2.05) is 25.1 Å². The summed E-state index contributed by atoms with van der Waals surface area (Å²) in [5, 5.41) is 2.81. The Morgan fingerprint density at radius 2 is 1.92 bits per heavy atom. The van der Waals surface area contributed by atoms with Gasteiger partial charge in [-0.15, -0.1) is 0 Å². The largest absolute Gasteiger partial charge is 0.322 e. The molecule has 0 aliphatic carbocycles. The Kier molecular flexibility index (Phi) is 6.18. The van der Waals surface area contributed by atoms with Crippen molar-refractivity contribution in [3.63, 3.8) is 0 Å². The molecule has 8 heteroatoms. The molecule has 0 saturated heterocycles. The molecule has 0 heterocycles. The standard InChI is InChI=1S/C17H19ClN2O4S/c1-4-12-7-5-6-8-15(12)19-17(21)13-9-10-14(18)16(11-13)25(22,23)20(2)24-3/h5-11H,4H2,1-3H3,(H,19,21). The Balaban J connectivity index is 2.38. The van der Waals surface area contributed by atoms with E-state index in [9.17, 15) is 13.2 Å². The number of aryl methyl sites for hydroxylation is 1. The summed E-state index contributed by atoms with van der Waals surface area (Å²) in [5.41, 5.74) is 1.85. The number of nitrogens with zero attached hydrogens (tertiary/aromatic N) is 1. The van der Waals surface area contributed by atoms with Crippen LogP contribution in [0.1, 0.15) is 22.8 Å². The van der Waals surface area contributed by atoms with E-state index >= 15 is 0 Å². The van der Waals surface area contributed by atoms with Crippen LogP contribution in [0.15, 0.2) is 47.4 Å². The maximum absolute atomic E-state index is 12.5. The van der Waals surface area contributed by atoms with Crippen molar-refractivity contribution >= 4 is 33.2 Å². The van der Waals surface area contributed by atoms with Crippen LogP contribution in [0.3, 0.4) is 0 Å². The van der Waals surface area contributed by atoms with Crippen molar-refractivity contribution in [1.29, 1.82) is 0 Å². The third kappa shape index (κ3) is 4.19. The molecule has 0 fully saturated rings. The van der Waals surface area contributed by atoms with Gasteiger partial charge in [-0.05, 0) is 36.2 Å². The smallest absolute Gasteiger partial charge is 0.266 e. The van der Waals surface area contributed by atoms with Gasteiger partial charge < -0.3 is 5.32 Å². The fourth-order valence-electron chi connectivity index (χ4n) is 2.22. The van der Waals surface area contributed by atoms with Crippen LogP contribution in [-0.2, 0) is 21.3 Å². The lowest BCUT2D eigenvalue weighted by molar-refractivity contribution is -0.0258. The number of benzene rings is 2. The van der Waals surface area contributed by atoms with Crippen molar-refractivity contribution in [2.45, 2.75) is 18.2 Å². The second-order valence-electron chi connectivity index (χ2n) is 5.21. The molecule has 0 bridgehead atoms. The maximum Gasteiger partial charge on any atom is 0.266 e. The predicted octanol–water partition coefficient (Wildman–Crippen LogP) is 3.34. The van der Waals surface area contributed by atoms with Crippen molar-refractivity contribution in [3.8, 4) is 0 Å². The molecular formula is C17H19ClN2O4S. The summed E-state index contributed by atoms with van der Waals surface area (Å²) in [5.74, 6) is -0.422. The van der Waals surface area contributed by atoms with Gasteiger partial charge in [0.25, 0.3) is 15.9 Å². The molecule has 0 aliphatic heterocycles.